The molecular formula is C29H35F3N2O. The Kier molecular flexibility index (Phi) is 10.3. The van der Waals surface area contributed by atoms with Gasteiger partial charge in [0.25, 0.3) is 0 Å². The maximum atomic E-state index is 13.3. The first-order valence-corrected chi connectivity index (χ1v) is 12.6. The highest BCUT2D eigenvalue weighted by Crippen LogP contribution is 2.28. The Bertz CT molecular complexity index is 1000. The SMILES string of the molecule is CCCCCCC(OCc1ccc(-c2ncc(-c3ccc(CCCC)cc3)cn2)cc1)C(F)(F)F. The molecule has 0 aliphatic rings. The Hall–Kier alpha value is -2.73. The Morgan fingerprint density at radius 2 is 1.31 bits per heavy atom. The summed E-state index contributed by atoms with van der Waals surface area (Å²) in [5.74, 6) is 0.574. The van der Waals surface area contributed by atoms with Crippen molar-refractivity contribution in [2.75, 3.05) is 0 Å². The van der Waals surface area contributed by atoms with Crippen molar-refractivity contribution in [1.82, 2.24) is 9.97 Å². The first kappa shape index (κ1) is 26.9. The molecular weight excluding hydrogens is 449 g/mol. The summed E-state index contributed by atoms with van der Waals surface area (Å²) >= 11 is 0. The van der Waals surface area contributed by atoms with Crippen molar-refractivity contribution in [3.05, 3.63) is 72.1 Å². The van der Waals surface area contributed by atoms with E-state index in [2.05, 4.69) is 41.2 Å². The van der Waals surface area contributed by atoms with Gasteiger partial charge < -0.3 is 4.74 Å². The molecule has 0 bridgehead atoms. The van der Waals surface area contributed by atoms with E-state index in [9.17, 15) is 13.2 Å². The molecule has 3 aromatic rings. The molecule has 0 saturated carbocycles. The molecule has 3 rings (SSSR count). The Balaban J connectivity index is 1.58. The molecule has 0 spiro atoms. The summed E-state index contributed by atoms with van der Waals surface area (Å²) in [6.45, 7) is 4.15. The Morgan fingerprint density at radius 1 is 0.714 bits per heavy atom. The summed E-state index contributed by atoms with van der Waals surface area (Å²) in [7, 11) is 0. The zero-order chi connectivity index (χ0) is 25.1. The quantitative estimate of drug-likeness (QED) is 0.228. The second-order valence-electron chi connectivity index (χ2n) is 8.98. The van der Waals surface area contributed by atoms with E-state index in [4.69, 9.17) is 4.74 Å². The van der Waals surface area contributed by atoms with Crippen molar-refractivity contribution < 1.29 is 17.9 Å². The van der Waals surface area contributed by atoms with Gasteiger partial charge in [0.05, 0.1) is 6.61 Å². The number of aryl methyl sites for hydroxylation is 1. The molecule has 2 aromatic carbocycles. The molecule has 0 amide bonds. The van der Waals surface area contributed by atoms with Gasteiger partial charge in [-0.25, -0.2) is 9.97 Å². The lowest BCUT2D eigenvalue weighted by Gasteiger charge is -2.21. The molecule has 35 heavy (non-hydrogen) atoms. The molecule has 0 fully saturated rings. The van der Waals surface area contributed by atoms with Crippen LogP contribution in [-0.4, -0.2) is 22.2 Å². The summed E-state index contributed by atoms with van der Waals surface area (Å²) in [5, 5.41) is 0. The lowest BCUT2D eigenvalue weighted by Crippen LogP contribution is -2.31. The largest absolute Gasteiger partial charge is 0.414 e. The maximum absolute atomic E-state index is 13.3. The first-order valence-electron chi connectivity index (χ1n) is 12.6. The van der Waals surface area contributed by atoms with Crippen LogP contribution in [0.25, 0.3) is 22.5 Å². The van der Waals surface area contributed by atoms with Crippen LogP contribution in [0.2, 0.25) is 0 Å². The van der Waals surface area contributed by atoms with Crippen LogP contribution in [0.4, 0.5) is 13.2 Å². The normalized spacial score (nSPS) is 12.6. The van der Waals surface area contributed by atoms with E-state index in [-0.39, 0.29) is 13.0 Å². The third kappa shape index (κ3) is 8.46. The monoisotopic (exact) mass is 484 g/mol. The van der Waals surface area contributed by atoms with Crippen molar-refractivity contribution >= 4 is 0 Å². The van der Waals surface area contributed by atoms with Gasteiger partial charge in [-0.15, -0.1) is 0 Å². The van der Waals surface area contributed by atoms with E-state index in [1.807, 2.05) is 19.1 Å². The van der Waals surface area contributed by atoms with Gasteiger partial charge in [0, 0.05) is 23.5 Å². The van der Waals surface area contributed by atoms with Gasteiger partial charge in [-0.05, 0) is 36.0 Å². The van der Waals surface area contributed by atoms with E-state index in [0.29, 0.717) is 17.8 Å². The van der Waals surface area contributed by atoms with Crippen LogP contribution in [-0.2, 0) is 17.8 Å². The second-order valence-corrected chi connectivity index (χ2v) is 8.98. The summed E-state index contributed by atoms with van der Waals surface area (Å²) < 4.78 is 45.2. The molecule has 0 N–H and O–H groups in total. The fraction of sp³-hybridized carbons (Fsp3) is 0.448. The highest BCUT2D eigenvalue weighted by Gasteiger charge is 2.40. The second kappa shape index (κ2) is 13.4. The number of hydrogen-bond donors (Lipinski definition) is 0. The number of aromatic nitrogens is 2. The Labute approximate surface area is 206 Å². The zero-order valence-electron chi connectivity index (χ0n) is 20.7. The van der Waals surface area contributed by atoms with E-state index >= 15 is 0 Å². The average molecular weight is 485 g/mol. The molecule has 0 aliphatic heterocycles. The van der Waals surface area contributed by atoms with Crippen LogP contribution in [0.5, 0.6) is 0 Å². The molecule has 6 heteroatoms. The number of rotatable bonds is 13. The first-order chi connectivity index (χ1) is 16.9. The fourth-order valence-corrected chi connectivity index (χ4v) is 3.92. The molecule has 0 aliphatic carbocycles. The lowest BCUT2D eigenvalue weighted by molar-refractivity contribution is -0.225. The standard InChI is InChI=1S/C29H35F3N2O/c1-3-5-7-8-10-27(29(30,31)32)35-21-23-13-17-25(18-14-23)28-33-19-26(20-34-28)24-15-11-22(12-16-24)9-6-4-2/h11-20,27H,3-10,21H2,1-2H3. The molecule has 1 atom stereocenters. The number of nitrogens with zero attached hydrogens (tertiary/aromatic N) is 2. The van der Waals surface area contributed by atoms with Crippen LogP contribution in [0.15, 0.2) is 60.9 Å². The van der Waals surface area contributed by atoms with Crippen LogP contribution < -0.4 is 0 Å². The minimum Gasteiger partial charge on any atom is -0.364 e. The number of halogens is 3. The minimum atomic E-state index is -4.35. The van der Waals surface area contributed by atoms with Crippen LogP contribution in [0.1, 0.15) is 69.9 Å². The molecule has 1 aromatic heterocycles. The Morgan fingerprint density at radius 3 is 1.91 bits per heavy atom. The van der Waals surface area contributed by atoms with Gasteiger partial charge >= 0.3 is 6.18 Å². The molecule has 188 valence electrons. The highest BCUT2D eigenvalue weighted by molar-refractivity contribution is 5.64. The maximum Gasteiger partial charge on any atom is 0.414 e. The summed E-state index contributed by atoms with van der Waals surface area (Å²) in [6, 6.07) is 15.7. The van der Waals surface area contributed by atoms with Gasteiger partial charge in [0.15, 0.2) is 11.9 Å². The molecule has 3 nitrogen and oxygen atoms in total. The average Bonchev–Trinajstić information content (AvgIpc) is 2.87. The third-order valence-corrected chi connectivity index (χ3v) is 6.11. The van der Waals surface area contributed by atoms with Crippen LogP contribution >= 0.6 is 0 Å². The number of hydrogen-bond acceptors (Lipinski definition) is 3. The van der Waals surface area contributed by atoms with Gasteiger partial charge in [0.2, 0.25) is 0 Å². The van der Waals surface area contributed by atoms with Crippen LogP contribution in [0.3, 0.4) is 0 Å². The minimum absolute atomic E-state index is 0.00321. The molecule has 1 unspecified atom stereocenters. The number of benzene rings is 2. The number of ether oxygens (including phenoxy) is 1. The van der Waals surface area contributed by atoms with Crippen LogP contribution in [0, 0.1) is 0 Å². The third-order valence-electron chi connectivity index (χ3n) is 6.11. The molecule has 0 saturated heterocycles. The van der Waals surface area contributed by atoms with E-state index in [1.165, 1.54) is 18.4 Å². The van der Waals surface area contributed by atoms with Gasteiger partial charge in [0.1, 0.15) is 0 Å². The van der Waals surface area contributed by atoms with E-state index in [1.54, 1.807) is 24.5 Å². The predicted octanol–water partition coefficient (Wildman–Crippen LogP) is 8.57. The van der Waals surface area contributed by atoms with Crippen molar-refractivity contribution in [2.24, 2.45) is 0 Å². The van der Waals surface area contributed by atoms with Crippen molar-refractivity contribution in [1.29, 1.82) is 0 Å². The van der Waals surface area contributed by atoms with Gasteiger partial charge in [-0.3, -0.25) is 0 Å². The number of alkyl halides is 3. The summed E-state index contributed by atoms with van der Waals surface area (Å²) in [4.78, 5) is 8.98. The summed E-state index contributed by atoms with van der Waals surface area (Å²) in [6.07, 6.45) is 4.22. The van der Waals surface area contributed by atoms with E-state index < -0.39 is 12.3 Å². The molecule has 1 heterocycles. The number of unbranched alkanes of at least 4 members (excludes halogenated alkanes) is 4. The molecule has 0 radical (unpaired) electrons. The highest BCUT2D eigenvalue weighted by atomic mass is 19.4. The van der Waals surface area contributed by atoms with Crippen molar-refractivity contribution in [3.63, 3.8) is 0 Å². The van der Waals surface area contributed by atoms with Gasteiger partial charge in [-0.2, -0.15) is 13.2 Å². The van der Waals surface area contributed by atoms with Crippen molar-refractivity contribution in [2.45, 2.75) is 84.1 Å². The van der Waals surface area contributed by atoms with Crippen molar-refractivity contribution in [3.8, 4) is 22.5 Å². The predicted molar refractivity (Wildman–Crippen MR) is 135 cm³/mol. The fourth-order valence-electron chi connectivity index (χ4n) is 3.92. The topological polar surface area (TPSA) is 35.0 Å². The zero-order valence-corrected chi connectivity index (χ0v) is 20.7. The smallest absolute Gasteiger partial charge is 0.364 e. The van der Waals surface area contributed by atoms with Gasteiger partial charge in [-0.1, -0.05) is 94.5 Å². The lowest BCUT2D eigenvalue weighted by atomic mass is 10.0. The summed E-state index contributed by atoms with van der Waals surface area (Å²) in [5.41, 5.74) is 4.84. The van der Waals surface area contributed by atoms with E-state index in [0.717, 1.165) is 42.4 Å².